The Morgan fingerprint density at radius 1 is 1.45 bits per heavy atom. The zero-order valence-corrected chi connectivity index (χ0v) is 11.5. The number of hydrogen-bond acceptors (Lipinski definition) is 3. The zero-order chi connectivity index (χ0) is 14.1. The number of H-pyrrole nitrogens is 2. The molecule has 0 spiro atoms. The molecule has 3 N–H and O–H groups in total. The Bertz CT molecular complexity index is 755. The molecule has 0 radical (unpaired) electrons. The fraction of sp³-hybridized carbons (Fsp3) is 0.357. The van der Waals surface area contributed by atoms with Crippen LogP contribution in [0.4, 0.5) is 0 Å². The second kappa shape index (κ2) is 4.96. The summed E-state index contributed by atoms with van der Waals surface area (Å²) in [7, 11) is 0. The van der Waals surface area contributed by atoms with Gasteiger partial charge in [-0.1, -0.05) is 13.8 Å². The minimum atomic E-state index is -0.0176. The van der Waals surface area contributed by atoms with Crippen molar-refractivity contribution in [1.82, 2.24) is 25.3 Å². The fourth-order valence-electron chi connectivity index (χ4n) is 2.14. The van der Waals surface area contributed by atoms with Gasteiger partial charge in [0.05, 0.1) is 18.1 Å². The van der Waals surface area contributed by atoms with E-state index < -0.39 is 0 Å². The van der Waals surface area contributed by atoms with Gasteiger partial charge in [0.15, 0.2) is 0 Å². The Morgan fingerprint density at radius 2 is 2.30 bits per heavy atom. The number of carbonyl (C=O) groups excluding carboxylic acids is 1. The predicted octanol–water partition coefficient (Wildman–Crippen LogP) is 1.75. The number of fused-ring (bicyclic) bond motifs is 3. The molecule has 3 aromatic rings. The maximum Gasteiger partial charge on any atom is 0.227 e. The maximum atomic E-state index is 11.8. The van der Waals surface area contributed by atoms with E-state index >= 15 is 0 Å². The highest BCUT2D eigenvalue weighted by molar-refractivity contribution is 6.00. The minimum Gasteiger partial charge on any atom is -0.355 e. The van der Waals surface area contributed by atoms with Crippen molar-refractivity contribution in [3.8, 4) is 0 Å². The molecule has 0 saturated heterocycles. The summed E-state index contributed by atoms with van der Waals surface area (Å²) in [6.07, 6.45) is 3.82. The minimum absolute atomic E-state index is 0.0176. The largest absolute Gasteiger partial charge is 0.355 e. The SMILES string of the molecule is CC(C)CNC(=O)Cc1nc2c(cnc3[nH]ccc32)[nH]1. The number of aromatic amines is 2. The summed E-state index contributed by atoms with van der Waals surface area (Å²) in [6, 6.07) is 1.94. The molecule has 0 saturated carbocycles. The first-order valence-corrected chi connectivity index (χ1v) is 6.71. The van der Waals surface area contributed by atoms with E-state index in [-0.39, 0.29) is 12.3 Å². The predicted molar refractivity (Wildman–Crippen MR) is 77.3 cm³/mol. The molecule has 20 heavy (non-hydrogen) atoms. The number of amides is 1. The summed E-state index contributed by atoms with van der Waals surface area (Å²) in [5, 5.41) is 3.85. The lowest BCUT2D eigenvalue weighted by Gasteiger charge is -2.05. The average Bonchev–Trinajstić information content (AvgIpc) is 3.00. The van der Waals surface area contributed by atoms with Gasteiger partial charge >= 0.3 is 0 Å². The van der Waals surface area contributed by atoms with Crippen LogP contribution in [0.3, 0.4) is 0 Å². The van der Waals surface area contributed by atoms with Gasteiger partial charge in [0.2, 0.25) is 5.91 Å². The van der Waals surface area contributed by atoms with E-state index in [1.165, 1.54) is 0 Å². The molecule has 3 heterocycles. The highest BCUT2D eigenvalue weighted by Crippen LogP contribution is 2.20. The van der Waals surface area contributed by atoms with E-state index in [4.69, 9.17) is 0 Å². The van der Waals surface area contributed by atoms with Crippen LogP contribution >= 0.6 is 0 Å². The molecule has 3 rings (SSSR count). The second-order valence-electron chi connectivity index (χ2n) is 5.32. The van der Waals surface area contributed by atoms with E-state index in [1.807, 2.05) is 12.3 Å². The second-order valence-corrected chi connectivity index (χ2v) is 5.32. The molecule has 0 atom stereocenters. The van der Waals surface area contributed by atoms with Crippen molar-refractivity contribution in [2.24, 2.45) is 5.92 Å². The topological polar surface area (TPSA) is 86.5 Å². The molecule has 0 bridgehead atoms. The number of imidazole rings is 1. The number of hydrogen-bond donors (Lipinski definition) is 3. The Hall–Kier alpha value is -2.37. The van der Waals surface area contributed by atoms with Crippen LogP contribution in [0.25, 0.3) is 22.1 Å². The first kappa shape index (κ1) is 12.7. The number of nitrogens with zero attached hydrogens (tertiary/aromatic N) is 2. The van der Waals surface area contributed by atoms with Crippen molar-refractivity contribution in [3.63, 3.8) is 0 Å². The lowest BCUT2D eigenvalue weighted by molar-refractivity contribution is -0.120. The Labute approximate surface area is 116 Å². The van der Waals surface area contributed by atoms with E-state index in [0.717, 1.165) is 22.1 Å². The van der Waals surface area contributed by atoms with Gasteiger partial charge in [-0.2, -0.15) is 0 Å². The smallest absolute Gasteiger partial charge is 0.227 e. The Balaban J connectivity index is 1.84. The summed E-state index contributed by atoms with van der Waals surface area (Å²) in [5.74, 6) is 1.09. The molecule has 0 unspecified atom stereocenters. The fourth-order valence-corrected chi connectivity index (χ4v) is 2.14. The molecule has 1 amide bonds. The average molecular weight is 271 g/mol. The number of nitrogens with one attached hydrogen (secondary N) is 3. The van der Waals surface area contributed by atoms with Crippen LogP contribution in [0.15, 0.2) is 18.5 Å². The summed E-state index contributed by atoms with van der Waals surface area (Å²) < 4.78 is 0. The van der Waals surface area contributed by atoms with Crippen LogP contribution in [0.2, 0.25) is 0 Å². The zero-order valence-electron chi connectivity index (χ0n) is 11.5. The normalized spacial score (nSPS) is 11.6. The quantitative estimate of drug-likeness (QED) is 0.675. The first-order valence-electron chi connectivity index (χ1n) is 6.71. The van der Waals surface area contributed by atoms with E-state index in [0.29, 0.717) is 18.3 Å². The number of pyridine rings is 1. The Morgan fingerprint density at radius 3 is 3.10 bits per heavy atom. The summed E-state index contributed by atoms with van der Waals surface area (Å²) in [4.78, 5) is 26.8. The molecule has 104 valence electrons. The van der Waals surface area contributed by atoms with Gasteiger partial charge in [-0.15, -0.1) is 0 Å². The highest BCUT2D eigenvalue weighted by atomic mass is 16.1. The van der Waals surface area contributed by atoms with Crippen molar-refractivity contribution >= 4 is 28.0 Å². The van der Waals surface area contributed by atoms with Crippen molar-refractivity contribution in [2.75, 3.05) is 6.54 Å². The van der Waals surface area contributed by atoms with Gasteiger partial charge < -0.3 is 15.3 Å². The molecule has 0 aromatic carbocycles. The van der Waals surface area contributed by atoms with Crippen LogP contribution in [-0.4, -0.2) is 32.4 Å². The molecule has 0 aliphatic carbocycles. The molecule has 6 heteroatoms. The molecular weight excluding hydrogens is 254 g/mol. The van der Waals surface area contributed by atoms with Gasteiger partial charge in [-0.25, -0.2) is 9.97 Å². The third-order valence-electron chi connectivity index (χ3n) is 3.12. The molecule has 0 aliphatic heterocycles. The van der Waals surface area contributed by atoms with Crippen LogP contribution in [0.1, 0.15) is 19.7 Å². The summed E-state index contributed by atoms with van der Waals surface area (Å²) >= 11 is 0. The van der Waals surface area contributed by atoms with Crippen molar-refractivity contribution in [3.05, 3.63) is 24.3 Å². The summed E-state index contributed by atoms with van der Waals surface area (Å²) in [6.45, 7) is 4.81. The molecule has 6 nitrogen and oxygen atoms in total. The van der Waals surface area contributed by atoms with Gasteiger partial charge in [-0.3, -0.25) is 4.79 Å². The van der Waals surface area contributed by atoms with Crippen molar-refractivity contribution in [2.45, 2.75) is 20.3 Å². The molecule has 0 aliphatic rings. The van der Waals surface area contributed by atoms with Gasteiger partial charge in [0, 0.05) is 18.1 Å². The lowest BCUT2D eigenvalue weighted by Crippen LogP contribution is -2.29. The number of carbonyl (C=O) groups is 1. The van der Waals surface area contributed by atoms with Crippen LogP contribution in [0, 0.1) is 5.92 Å². The van der Waals surface area contributed by atoms with Gasteiger partial charge in [0.1, 0.15) is 17.0 Å². The van der Waals surface area contributed by atoms with E-state index in [2.05, 4.69) is 39.1 Å². The van der Waals surface area contributed by atoms with E-state index in [9.17, 15) is 4.79 Å². The third-order valence-corrected chi connectivity index (χ3v) is 3.12. The highest BCUT2D eigenvalue weighted by Gasteiger charge is 2.11. The van der Waals surface area contributed by atoms with E-state index in [1.54, 1.807) is 6.20 Å². The van der Waals surface area contributed by atoms with Crippen LogP contribution in [0.5, 0.6) is 0 Å². The van der Waals surface area contributed by atoms with Crippen molar-refractivity contribution < 1.29 is 4.79 Å². The molecular formula is C14H17N5O. The standard InChI is InChI=1S/C14H17N5O/c1-8(2)6-16-12(20)5-11-18-10-7-17-14-9(3-4-15-14)13(10)19-11/h3-4,7-8H,5-6H2,1-2H3,(H,15,17)(H,16,20)(H,18,19). The van der Waals surface area contributed by atoms with Crippen LogP contribution < -0.4 is 5.32 Å². The molecule has 3 aromatic heterocycles. The van der Waals surface area contributed by atoms with Gasteiger partial charge in [-0.05, 0) is 12.0 Å². The first-order chi connectivity index (χ1) is 9.63. The monoisotopic (exact) mass is 271 g/mol. The molecule has 0 fully saturated rings. The maximum absolute atomic E-state index is 11.8. The number of rotatable bonds is 4. The lowest BCUT2D eigenvalue weighted by atomic mass is 10.2. The van der Waals surface area contributed by atoms with Crippen LogP contribution in [-0.2, 0) is 11.2 Å². The Kier molecular flexibility index (Phi) is 3.14. The third kappa shape index (κ3) is 2.36. The van der Waals surface area contributed by atoms with Crippen molar-refractivity contribution in [1.29, 1.82) is 0 Å². The summed E-state index contributed by atoms with van der Waals surface area (Å²) in [5.41, 5.74) is 2.51. The number of aromatic nitrogens is 4. The van der Waals surface area contributed by atoms with Gasteiger partial charge in [0.25, 0.3) is 0 Å².